The van der Waals surface area contributed by atoms with Crippen LogP contribution < -0.4 is 0 Å². The molecule has 0 aliphatic carbocycles. The third-order valence-corrected chi connectivity index (χ3v) is 5.26. The summed E-state index contributed by atoms with van der Waals surface area (Å²) in [5, 5.41) is 7.46. The minimum Gasteiger partial charge on any atom is -0.303 e. The summed E-state index contributed by atoms with van der Waals surface area (Å²) in [6, 6.07) is 6.70. The smallest absolute Gasteiger partial charge is 0.123 e. The Labute approximate surface area is 141 Å². The van der Waals surface area contributed by atoms with Crippen LogP contribution in [-0.2, 0) is 0 Å². The number of hydrogen-bond acceptors (Lipinski definition) is 3. The Morgan fingerprint density at radius 3 is 2.96 bits per heavy atom. The molecular weight excluding hydrogens is 309 g/mol. The van der Waals surface area contributed by atoms with E-state index in [-0.39, 0.29) is 5.82 Å². The second-order valence-corrected chi connectivity index (χ2v) is 7.18. The Morgan fingerprint density at radius 2 is 2.17 bits per heavy atom. The number of nitrogens with zero attached hydrogens (tertiary/aromatic N) is 2. The van der Waals surface area contributed by atoms with Gasteiger partial charge in [-0.2, -0.15) is 16.9 Å². The Kier molecular flexibility index (Phi) is 5.73. The van der Waals surface area contributed by atoms with E-state index in [0.717, 1.165) is 17.7 Å². The summed E-state index contributed by atoms with van der Waals surface area (Å²) in [6.07, 6.45) is 7.71. The van der Waals surface area contributed by atoms with Gasteiger partial charge in [-0.15, -0.1) is 0 Å². The van der Waals surface area contributed by atoms with Gasteiger partial charge in [0.05, 0.1) is 6.20 Å². The van der Waals surface area contributed by atoms with Crippen LogP contribution in [0.5, 0.6) is 0 Å². The zero-order chi connectivity index (χ0) is 16.1. The quantitative estimate of drug-likeness (QED) is 0.806. The topological polar surface area (TPSA) is 31.9 Å². The van der Waals surface area contributed by atoms with Crippen LogP contribution in [-0.4, -0.2) is 46.7 Å². The van der Waals surface area contributed by atoms with Crippen molar-refractivity contribution in [1.29, 1.82) is 0 Å². The van der Waals surface area contributed by atoms with Crippen LogP contribution >= 0.6 is 11.8 Å². The zero-order valence-corrected chi connectivity index (χ0v) is 14.4. The van der Waals surface area contributed by atoms with Gasteiger partial charge < -0.3 is 4.90 Å². The Bertz CT molecular complexity index is 611. The van der Waals surface area contributed by atoms with E-state index in [9.17, 15) is 4.39 Å². The number of piperidine rings is 1. The number of likely N-dealkylation sites (tertiary alicyclic amines) is 1. The van der Waals surface area contributed by atoms with Gasteiger partial charge in [-0.25, -0.2) is 4.39 Å². The van der Waals surface area contributed by atoms with Crippen LogP contribution in [0.4, 0.5) is 4.39 Å². The van der Waals surface area contributed by atoms with Crippen LogP contribution in [0.1, 0.15) is 30.9 Å². The van der Waals surface area contributed by atoms with Gasteiger partial charge in [-0.1, -0.05) is 12.1 Å². The molecule has 1 aromatic carbocycles. The molecule has 3 rings (SSSR count). The average Bonchev–Trinajstić information content (AvgIpc) is 3.06. The molecule has 0 saturated carbocycles. The van der Waals surface area contributed by atoms with Crippen LogP contribution in [0.3, 0.4) is 0 Å². The Balaban J connectivity index is 1.72. The van der Waals surface area contributed by atoms with Crippen LogP contribution in [0.25, 0.3) is 11.1 Å². The van der Waals surface area contributed by atoms with Gasteiger partial charge >= 0.3 is 0 Å². The summed E-state index contributed by atoms with van der Waals surface area (Å²) in [5.74, 6) is 1.52. The summed E-state index contributed by atoms with van der Waals surface area (Å²) in [4.78, 5) is 2.57. The van der Waals surface area contributed by atoms with Crippen molar-refractivity contribution >= 4 is 11.8 Å². The molecule has 1 aliphatic heterocycles. The van der Waals surface area contributed by atoms with E-state index in [0.29, 0.717) is 5.92 Å². The summed E-state index contributed by atoms with van der Waals surface area (Å²) >= 11 is 1.92. The summed E-state index contributed by atoms with van der Waals surface area (Å²) in [6.45, 7) is 3.47. The highest BCUT2D eigenvalue weighted by Crippen LogP contribution is 2.33. The van der Waals surface area contributed by atoms with Gasteiger partial charge in [0, 0.05) is 23.7 Å². The molecule has 23 heavy (non-hydrogen) atoms. The molecule has 1 atom stereocenters. The van der Waals surface area contributed by atoms with E-state index in [1.54, 1.807) is 0 Å². The first-order valence-corrected chi connectivity index (χ1v) is 9.68. The average molecular weight is 333 g/mol. The van der Waals surface area contributed by atoms with E-state index in [2.05, 4.69) is 21.4 Å². The lowest BCUT2D eigenvalue weighted by atomic mass is 9.90. The number of halogens is 1. The van der Waals surface area contributed by atoms with Gasteiger partial charge in [0.15, 0.2) is 0 Å². The fourth-order valence-corrected chi connectivity index (χ4v) is 3.81. The summed E-state index contributed by atoms with van der Waals surface area (Å²) in [5.41, 5.74) is 3.35. The van der Waals surface area contributed by atoms with Crippen molar-refractivity contribution in [3.05, 3.63) is 42.0 Å². The molecule has 1 aliphatic rings. The molecule has 0 spiro atoms. The number of thioether (sulfide) groups is 1. The highest BCUT2D eigenvalue weighted by molar-refractivity contribution is 7.98. The standard InChI is InChI=1S/C18H24FN3S/c1-23-11-3-10-22-9-2-4-15(13-22)18-17(12-20-21-18)14-5-7-16(19)8-6-14/h5-8,12,15H,2-4,9-11,13H2,1H3,(H,20,21). The number of aromatic amines is 1. The van der Waals surface area contributed by atoms with Crippen molar-refractivity contribution in [2.45, 2.75) is 25.2 Å². The Morgan fingerprint density at radius 1 is 1.35 bits per heavy atom. The molecule has 3 nitrogen and oxygen atoms in total. The summed E-state index contributed by atoms with van der Waals surface area (Å²) < 4.78 is 13.2. The lowest BCUT2D eigenvalue weighted by Crippen LogP contribution is -2.35. The molecule has 1 N–H and O–H groups in total. The van der Waals surface area contributed by atoms with Crippen molar-refractivity contribution < 1.29 is 4.39 Å². The lowest BCUT2D eigenvalue weighted by Gasteiger charge is -2.32. The fourth-order valence-electron chi connectivity index (χ4n) is 3.39. The molecular formula is C18H24FN3S. The maximum atomic E-state index is 13.2. The monoisotopic (exact) mass is 333 g/mol. The normalized spacial score (nSPS) is 19.1. The minimum atomic E-state index is -0.198. The highest BCUT2D eigenvalue weighted by atomic mass is 32.2. The van der Waals surface area contributed by atoms with Crippen LogP contribution in [0, 0.1) is 5.82 Å². The third-order valence-electron chi connectivity index (χ3n) is 4.56. The van der Waals surface area contributed by atoms with Crippen molar-refractivity contribution in [2.24, 2.45) is 0 Å². The van der Waals surface area contributed by atoms with Crippen molar-refractivity contribution in [2.75, 3.05) is 31.6 Å². The van der Waals surface area contributed by atoms with E-state index < -0.39 is 0 Å². The largest absolute Gasteiger partial charge is 0.303 e. The molecule has 1 saturated heterocycles. The summed E-state index contributed by atoms with van der Waals surface area (Å²) in [7, 11) is 0. The molecule has 0 amide bonds. The number of nitrogens with one attached hydrogen (secondary N) is 1. The van der Waals surface area contributed by atoms with E-state index in [1.807, 2.05) is 30.1 Å². The molecule has 124 valence electrons. The number of benzene rings is 1. The maximum absolute atomic E-state index is 13.2. The molecule has 1 unspecified atom stereocenters. The predicted octanol–water partition coefficient (Wildman–Crippen LogP) is 4.15. The first-order chi connectivity index (χ1) is 11.3. The van der Waals surface area contributed by atoms with E-state index >= 15 is 0 Å². The van der Waals surface area contributed by atoms with Gasteiger partial charge in [0.1, 0.15) is 5.82 Å². The zero-order valence-electron chi connectivity index (χ0n) is 13.6. The Hall–Kier alpha value is -1.33. The molecule has 2 aromatic rings. The van der Waals surface area contributed by atoms with Gasteiger partial charge in [-0.3, -0.25) is 5.10 Å². The molecule has 5 heteroatoms. The van der Waals surface area contributed by atoms with Gasteiger partial charge in [-0.05, 0) is 62.1 Å². The molecule has 2 heterocycles. The van der Waals surface area contributed by atoms with Gasteiger partial charge in [0.25, 0.3) is 0 Å². The predicted molar refractivity (Wildman–Crippen MR) is 95.4 cm³/mol. The van der Waals surface area contributed by atoms with Crippen molar-refractivity contribution in [1.82, 2.24) is 15.1 Å². The number of aromatic nitrogens is 2. The van der Waals surface area contributed by atoms with E-state index in [4.69, 9.17) is 0 Å². The SMILES string of the molecule is CSCCCN1CCCC(c2[nH]ncc2-c2ccc(F)cc2)C1. The molecule has 1 aromatic heterocycles. The van der Waals surface area contributed by atoms with Crippen LogP contribution in [0.2, 0.25) is 0 Å². The lowest BCUT2D eigenvalue weighted by molar-refractivity contribution is 0.207. The number of hydrogen-bond donors (Lipinski definition) is 1. The minimum absolute atomic E-state index is 0.198. The fraction of sp³-hybridized carbons (Fsp3) is 0.500. The first kappa shape index (κ1) is 16.5. The molecule has 0 bridgehead atoms. The molecule has 0 radical (unpaired) electrons. The first-order valence-electron chi connectivity index (χ1n) is 8.28. The molecule has 1 fully saturated rings. The third kappa shape index (κ3) is 4.15. The maximum Gasteiger partial charge on any atom is 0.123 e. The highest BCUT2D eigenvalue weighted by Gasteiger charge is 2.24. The van der Waals surface area contributed by atoms with Crippen molar-refractivity contribution in [3.63, 3.8) is 0 Å². The van der Waals surface area contributed by atoms with Gasteiger partial charge in [0.2, 0.25) is 0 Å². The van der Waals surface area contributed by atoms with Crippen LogP contribution in [0.15, 0.2) is 30.5 Å². The number of H-pyrrole nitrogens is 1. The second kappa shape index (κ2) is 7.97. The van der Waals surface area contributed by atoms with E-state index in [1.165, 1.54) is 55.9 Å². The van der Waals surface area contributed by atoms with Crippen molar-refractivity contribution in [3.8, 4) is 11.1 Å². The number of rotatable bonds is 6. The second-order valence-electron chi connectivity index (χ2n) is 6.19.